The van der Waals surface area contributed by atoms with Crippen LogP contribution in [0.5, 0.6) is 0 Å². The standard InChI is InChI=1S/C16H36N4/c1-6-10-15(17-13-14(5)9-4)19-16(11-7-2)20-18-12-8-3/h7,11,14-20H,6,8-10,12-13H2,1-5H3/b11-7-/t14-,15?,16?/m1/s1. The highest BCUT2D eigenvalue weighted by Gasteiger charge is 2.12. The third kappa shape index (κ3) is 10.4. The number of hydrogen-bond donors (Lipinski definition) is 4. The van der Waals surface area contributed by atoms with Gasteiger partial charge in [-0.05, 0) is 32.2 Å². The molecule has 120 valence electrons. The van der Waals surface area contributed by atoms with Gasteiger partial charge in [-0.25, -0.2) is 5.43 Å². The largest absolute Gasteiger partial charge is 0.302 e. The summed E-state index contributed by atoms with van der Waals surface area (Å²) in [7, 11) is 0. The van der Waals surface area contributed by atoms with Gasteiger partial charge in [0, 0.05) is 6.54 Å². The van der Waals surface area contributed by atoms with Gasteiger partial charge in [-0.1, -0.05) is 52.7 Å². The number of nitrogens with one attached hydrogen (secondary N) is 4. The average Bonchev–Trinajstić information content (AvgIpc) is 2.45. The van der Waals surface area contributed by atoms with Gasteiger partial charge in [0.25, 0.3) is 0 Å². The van der Waals surface area contributed by atoms with Crippen LogP contribution in [0, 0.1) is 5.92 Å². The third-order valence-corrected chi connectivity index (χ3v) is 3.39. The van der Waals surface area contributed by atoms with Crippen molar-refractivity contribution in [3.63, 3.8) is 0 Å². The van der Waals surface area contributed by atoms with Crippen LogP contribution in [0.4, 0.5) is 0 Å². The molecular weight excluding hydrogens is 248 g/mol. The predicted molar refractivity (Wildman–Crippen MR) is 89.3 cm³/mol. The lowest BCUT2D eigenvalue weighted by molar-refractivity contribution is 0.311. The van der Waals surface area contributed by atoms with E-state index in [1.165, 1.54) is 12.8 Å². The van der Waals surface area contributed by atoms with Gasteiger partial charge in [-0.15, -0.1) is 0 Å². The van der Waals surface area contributed by atoms with Crippen molar-refractivity contribution in [1.29, 1.82) is 0 Å². The fraction of sp³-hybridized carbons (Fsp3) is 0.875. The Balaban J connectivity index is 4.25. The van der Waals surface area contributed by atoms with E-state index in [1.54, 1.807) is 0 Å². The number of allylic oxidation sites excluding steroid dienone is 1. The van der Waals surface area contributed by atoms with Gasteiger partial charge in [-0.2, -0.15) is 0 Å². The van der Waals surface area contributed by atoms with E-state index in [1.807, 2.05) is 0 Å². The second kappa shape index (κ2) is 13.6. The van der Waals surface area contributed by atoms with Gasteiger partial charge in [-0.3, -0.25) is 10.7 Å². The van der Waals surface area contributed by atoms with Gasteiger partial charge >= 0.3 is 0 Å². The Kier molecular flexibility index (Phi) is 13.3. The Bertz CT molecular complexity index is 231. The maximum absolute atomic E-state index is 3.64. The van der Waals surface area contributed by atoms with E-state index in [-0.39, 0.29) is 6.17 Å². The summed E-state index contributed by atoms with van der Waals surface area (Å²) in [6.45, 7) is 13.0. The lowest BCUT2D eigenvalue weighted by atomic mass is 10.1. The highest BCUT2D eigenvalue weighted by atomic mass is 15.4. The molecule has 0 aliphatic carbocycles. The molecular formula is C16H36N4. The summed E-state index contributed by atoms with van der Waals surface area (Å²) >= 11 is 0. The summed E-state index contributed by atoms with van der Waals surface area (Å²) in [4.78, 5) is 0. The average molecular weight is 284 g/mol. The molecule has 0 saturated heterocycles. The molecule has 4 nitrogen and oxygen atoms in total. The maximum atomic E-state index is 3.64. The minimum absolute atomic E-state index is 0.160. The van der Waals surface area contributed by atoms with Gasteiger partial charge in [0.2, 0.25) is 0 Å². The number of hydrazine groups is 1. The molecule has 0 amide bonds. The van der Waals surface area contributed by atoms with Crippen molar-refractivity contribution in [3.05, 3.63) is 12.2 Å². The third-order valence-electron chi connectivity index (χ3n) is 3.39. The molecule has 0 aromatic carbocycles. The van der Waals surface area contributed by atoms with Crippen LogP contribution in [0.1, 0.15) is 60.3 Å². The SMILES string of the molecule is C/C=C\C(NNCCC)NC(CCC)NC[C@H](C)CC. The number of hydrogen-bond acceptors (Lipinski definition) is 4. The second-order valence-corrected chi connectivity index (χ2v) is 5.50. The number of rotatable bonds is 13. The van der Waals surface area contributed by atoms with Crippen LogP contribution in [-0.2, 0) is 0 Å². The molecule has 0 radical (unpaired) electrons. The highest BCUT2D eigenvalue weighted by Crippen LogP contribution is 2.01. The molecule has 0 bridgehead atoms. The molecule has 0 saturated carbocycles. The van der Waals surface area contributed by atoms with Crippen LogP contribution in [0.25, 0.3) is 0 Å². The van der Waals surface area contributed by atoms with Crippen molar-refractivity contribution in [2.75, 3.05) is 13.1 Å². The van der Waals surface area contributed by atoms with Crippen molar-refractivity contribution < 1.29 is 0 Å². The summed E-state index contributed by atoms with van der Waals surface area (Å²) < 4.78 is 0. The zero-order valence-electron chi connectivity index (χ0n) is 14.1. The van der Waals surface area contributed by atoms with Crippen LogP contribution in [0.15, 0.2) is 12.2 Å². The molecule has 3 atom stereocenters. The minimum Gasteiger partial charge on any atom is -0.302 e. The minimum atomic E-state index is 0.160. The first-order valence-corrected chi connectivity index (χ1v) is 8.28. The summed E-state index contributed by atoms with van der Waals surface area (Å²) in [5.74, 6) is 0.725. The topological polar surface area (TPSA) is 48.1 Å². The van der Waals surface area contributed by atoms with Crippen LogP contribution in [-0.4, -0.2) is 25.4 Å². The van der Waals surface area contributed by atoms with E-state index < -0.39 is 0 Å². The Hall–Kier alpha value is -0.420. The first kappa shape index (κ1) is 19.6. The maximum Gasteiger partial charge on any atom is 0.0904 e. The van der Waals surface area contributed by atoms with Crippen molar-refractivity contribution >= 4 is 0 Å². The van der Waals surface area contributed by atoms with Crippen molar-refractivity contribution in [2.45, 2.75) is 72.6 Å². The molecule has 0 aromatic rings. The molecule has 0 rings (SSSR count). The molecule has 0 aliphatic rings. The van der Waals surface area contributed by atoms with Gasteiger partial charge < -0.3 is 5.32 Å². The predicted octanol–water partition coefficient (Wildman–Crippen LogP) is 2.74. The Morgan fingerprint density at radius 2 is 1.85 bits per heavy atom. The smallest absolute Gasteiger partial charge is 0.0904 e. The molecule has 0 heterocycles. The molecule has 4 N–H and O–H groups in total. The molecule has 20 heavy (non-hydrogen) atoms. The molecule has 0 aromatic heterocycles. The quantitative estimate of drug-likeness (QED) is 0.182. The molecule has 2 unspecified atom stereocenters. The summed E-state index contributed by atoms with van der Waals surface area (Å²) in [5, 5.41) is 7.26. The van der Waals surface area contributed by atoms with Crippen LogP contribution < -0.4 is 21.5 Å². The summed E-state index contributed by atoms with van der Waals surface area (Å²) in [6, 6.07) is 0. The molecule has 0 fully saturated rings. The monoisotopic (exact) mass is 284 g/mol. The molecule has 0 aliphatic heterocycles. The summed E-state index contributed by atoms with van der Waals surface area (Å²) in [6.07, 6.45) is 9.40. The van der Waals surface area contributed by atoms with E-state index in [9.17, 15) is 0 Å². The van der Waals surface area contributed by atoms with Crippen molar-refractivity contribution in [1.82, 2.24) is 21.5 Å². The highest BCUT2D eigenvalue weighted by molar-refractivity contribution is 4.90. The summed E-state index contributed by atoms with van der Waals surface area (Å²) in [5.41, 5.74) is 6.58. The Morgan fingerprint density at radius 1 is 1.10 bits per heavy atom. The van der Waals surface area contributed by atoms with Crippen LogP contribution in [0.2, 0.25) is 0 Å². The molecule has 4 heteroatoms. The zero-order chi connectivity index (χ0) is 15.2. The van der Waals surface area contributed by atoms with E-state index in [0.717, 1.165) is 31.8 Å². The van der Waals surface area contributed by atoms with Crippen molar-refractivity contribution in [3.8, 4) is 0 Å². The van der Waals surface area contributed by atoms with Crippen LogP contribution >= 0.6 is 0 Å². The van der Waals surface area contributed by atoms with E-state index >= 15 is 0 Å². The Morgan fingerprint density at radius 3 is 2.40 bits per heavy atom. The first-order chi connectivity index (χ1) is 9.67. The zero-order valence-corrected chi connectivity index (χ0v) is 14.1. The fourth-order valence-electron chi connectivity index (χ4n) is 1.88. The van der Waals surface area contributed by atoms with Gasteiger partial charge in [0.15, 0.2) is 0 Å². The normalized spacial score (nSPS) is 16.4. The molecule has 0 spiro atoms. The first-order valence-electron chi connectivity index (χ1n) is 8.28. The van der Waals surface area contributed by atoms with E-state index in [2.05, 4.69) is 68.3 Å². The van der Waals surface area contributed by atoms with E-state index in [4.69, 9.17) is 0 Å². The lowest BCUT2D eigenvalue weighted by Crippen LogP contribution is -2.56. The Labute approximate surface area is 126 Å². The lowest BCUT2D eigenvalue weighted by Gasteiger charge is -2.27. The van der Waals surface area contributed by atoms with Gasteiger partial charge in [0.05, 0.1) is 12.3 Å². The van der Waals surface area contributed by atoms with Crippen molar-refractivity contribution in [2.24, 2.45) is 5.92 Å². The van der Waals surface area contributed by atoms with Gasteiger partial charge in [0.1, 0.15) is 0 Å². The fourth-order valence-corrected chi connectivity index (χ4v) is 1.88. The van der Waals surface area contributed by atoms with Crippen LogP contribution in [0.3, 0.4) is 0 Å². The second-order valence-electron chi connectivity index (χ2n) is 5.50. The van der Waals surface area contributed by atoms with E-state index in [0.29, 0.717) is 6.17 Å².